The topological polar surface area (TPSA) is 61.4 Å². The smallest absolute Gasteiger partial charge is 0.237 e. The molecular formula is C22H26FN3O2. The van der Waals surface area contributed by atoms with Crippen LogP contribution in [0.5, 0.6) is 0 Å². The molecule has 1 aliphatic rings. The Morgan fingerprint density at radius 3 is 2.64 bits per heavy atom. The summed E-state index contributed by atoms with van der Waals surface area (Å²) in [7, 11) is 0. The van der Waals surface area contributed by atoms with Gasteiger partial charge in [-0.1, -0.05) is 42.5 Å². The molecule has 2 aromatic rings. The van der Waals surface area contributed by atoms with Crippen LogP contribution < -0.4 is 10.6 Å². The molecule has 0 radical (unpaired) electrons. The summed E-state index contributed by atoms with van der Waals surface area (Å²) < 4.78 is 13.7. The first-order valence-electron chi connectivity index (χ1n) is 9.61. The van der Waals surface area contributed by atoms with Crippen molar-refractivity contribution in [1.82, 2.24) is 15.5 Å². The number of halogens is 1. The van der Waals surface area contributed by atoms with Crippen molar-refractivity contribution < 1.29 is 14.0 Å². The van der Waals surface area contributed by atoms with Gasteiger partial charge in [0, 0.05) is 26.2 Å². The fraction of sp³-hybridized carbons (Fsp3) is 0.364. The third-order valence-electron chi connectivity index (χ3n) is 5.13. The van der Waals surface area contributed by atoms with E-state index in [4.69, 9.17) is 0 Å². The van der Waals surface area contributed by atoms with E-state index < -0.39 is 6.04 Å². The van der Waals surface area contributed by atoms with Crippen molar-refractivity contribution >= 4 is 11.8 Å². The lowest BCUT2D eigenvalue weighted by Crippen LogP contribution is -2.56. The van der Waals surface area contributed by atoms with Crippen LogP contribution in [0.4, 0.5) is 4.39 Å². The molecule has 2 amide bonds. The average molecular weight is 383 g/mol. The summed E-state index contributed by atoms with van der Waals surface area (Å²) in [5.74, 6) is -0.593. The number of benzene rings is 2. The molecule has 0 bridgehead atoms. The number of aryl methyl sites for hydroxylation is 1. The van der Waals surface area contributed by atoms with Gasteiger partial charge in [-0.25, -0.2) is 4.39 Å². The Hall–Kier alpha value is -2.73. The van der Waals surface area contributed by atoms with Crippen molar-refractivity contribution in [3.63, 3.8) is 0 Å². The number of nitrogens with zero attached hydrogens (tertiary/aromatic N) is 1. The van der Waals surface area contributed by atoms with E-state index in [1.54, 1.807) is 18.2 Å². The number of amides is 2. The van der Waals surface area contributed by atoms with Gasteiger partial charge in [0.25, 0.3) is 0 Å². The van der Waals surface area contributed by atoms with Crippen molar-refractivity contribution in [1.29, 1.82) is 0 Å². The van der Waals surface area contributed by atoms with Crippen molar-refractivity contribution in [2.24, 2.45) is 0 Å². The minimum Gasteiger partial charge on any atom is -0.356 e. The molecule has 0 saturated carbocycles. The zero-order valence-corrected chi connectivity index (χ0v) is 16.1. The molecule has 0 aliphatic carbocycles. The molecule has 5 nitrogen and oxygen atoms in total. The lowest BCUT2D eigenvalue weighted by molar-refractivity contribution is -0.134. The Bertz CT molecular complexity index is 840. The van der Waals surface area contributed by atoms with Gasteiger partial charge in [0.05, 0.1) is 12.5 Å². The molecule has 6 heteroatoms. The monoisotopic (exact) mass is 383 g/mol. The average Bonchev–Trinajstić information content (AvgIpc) is 2.68. The van der Waals surface area contributed by atoms with Crippen LogP contribution in [0, 0.1) is 12.7 Å². The third-order valence-corrected chi connectivity index (χ3v) is 5.13. The van der Waals surface area contributed by atoms with Gasteiger partial charge in [0.15, 0.2) is 0 Å². The lowest BCUT2D eigenvalue weighted by atomic mass is 10.0. The fourth-order valence-corrected chi connectivity index (χ4v) is 3.47. The van der Waals surface area contributed by atoms with Crippen LogP contribution in [0.2, 0.25) is 0 Å². The highest BCUT2D eigenvalue weighted by atomic mass is 19.1. The summed E-state index contributed by atoms with van der Waals surface area (Å²) >= 11 is 0. The van der Waals surface area contributed by atoms with Gasteiger partial charge < -0.3 is 10.6 Å². The molecule has 28 heavy (non-hydrogen) atoms. The SMILES string of the molecule is Cc1ccccc1CN1CCNC(=O)[C@@H]1CC(=O)NCCc1ccccc1F. The first-order valence-corrected chi connectivity index (χ1v) is 9.61. The Balaban J connectivity index is 1.56. The van der Waals surface area contributed by atoms with Crippen molar-refractivity contribution in [3.8, 4) is 0 Å². The van der Waals surface area contributed by atoms with Gasteiger partial charge in [0.1, 0.15) is 5.82 Å². The fourth-order valence-electron chi connectivity index (χ4n) is 3.47. The molecular weight excluding hydrogens is 357 g/mol. The first kappa shape index (κ1) is 20.0. The van der Waals surface area contributed by atoms with Crippen LogP contribution in [0.25, 0.3) is 0 Å². The van der Waals surface area contributed by atoms with Crippen LogP contribution >= 0.6 is 0 Å². The van der Waals surface area contributed by atoms with Gasteiger partial charge >= 0.3 is 0 Å². The highest BCUT2D eigenvalue weighted by molar-refractivity contribution is 5.88. The van der Waals surface area contributed by atoms with Gasteiger partial charge in [-0.2, -0.15) is 0 Å². The molecule has 3 rings (SSSR count). The molecule has 1 aliphatic heterocycles. The Morgan fingerprint density at radius 1 is 1.18 bits per heavy atom. The maximum Gasteiger partial charge on any atom is 0.237 e. The summed E-state index contributed by atoms with van der Waals surface area (Å²) in [5.41, 5.74) is 2.89. The Labute approximate surface area is 164 Å². The molecule has 1 heterocycles. The molecule has 2 aromatic carbocycles. The van der Waals surface area contributed by atoms with E-state index in [1.165, 1.54) is 11.6 Å². The molecule has 2 N–H and O–H groups in total. The molecule has 148 valence electrons. The molecule has 0 spiro atoms. The zero-order valence-electron chi connectivity index (χ0n) is 16.1. The van der Waals surface area contributed by atoms with E-state index in [0.29, 0.717) is 38.2 Å². The summed E-state index contributed by atoms with van der Waals surface area (Å²) in [6.07, 6.45) is 0.511. The van der Waals surface area contributed by atoms with Gasteiger partial charge in [0.2, 0.25) is 11.8 Å². The molecule has 1 atom stereocenters. The minimum atomic E-state index is -0.498. The number of hydrogen-bond acceptors (Lipinski definition) is 3. The number of carbonyl (C=O) groups is 2. The van der Waals surface area contributed by atoms with Crippen molar-refractivity contribution in [2.45, 2.75) is 32.4 Å². The van der Waals surface area contributed by atoms with Crippen LogP contribution in [0.3, 0.4) is 0 Å². The summed E-state index contributed by atoms with van der Waals surface area (Å²) in [6, 6.07) is 14.1. The van der Waals surface area contributed by atoms with E-state index in [2.05, 4.69) is 15.5 Å². The summed E-state index contributed by atoms with van der Waals surface area (Å²) in [4.78, 5) is 26.8. The molecule has 1 saturated heterocycles. The zero-order chi connectivity index (χ0) is 19.9. The minimum absolute atomic E-state index is 0.0922. The summed E-state index contributed by atoms with van der Waals surface area (Å²) in [5, 5.41) is 5.66. The second-order valence-electron chi connectivity index (χ2n) is 7.10. The largest absolute Gasteiger partial charge is 0.356 e. The maximum atomic E-state index is 13.7. The van der Waals surface area contributed by atoms with E-state index in [9.17, 15) is 14.0 Å². The highest BCUT2D eigenvalue weighted by Gasteiger charge is 2.31. The second-order valence-corrected chi connectivity index (χ2v) is 7.10. The van der Waals surface area contributed by atoms with E-state index in [0.717, 1.165) is 5.56 Å². The van der Waals surface area contributed by atoms with Gasteiger partial charge in [-0.3, -0.25) is 14.5 Å². The Kier molecular flexibility index (Phi) is 6.76. The van der Waals surface area contributed by atoms with Crippen LogP contribution in [-0.2, 0) is 22.6 Å². The van der Waals surface area contributed by atoms with Gasteiger partial charge in [-0.05, 0) is 36.1 Å². The van der Waals surface area contributed by atoms with E-state index in [1.807, 2.05) is 31.2 Å². The number of carbonyl (C=O) groups excluding carboxylic acids is 2. The Morgan fingerprint density at radius 2 is 1.89 bits per heavy atom. The maximum absolute atomic E-state index is 13.7. The third kappa shape index (κ3) is 5.16. The quantitative estimate of drug-likeness (QED) is 0.771. The van der Waals surface area contributed by atoms with Crippen LogP contribution in [0.1, 0.15) is 23.1 Å². The standard InChI is InChI=1S/C22H26FN3O2/c1-16-6-2-3-8-18(16)15-26-13-12-25-22(28)20(26)14-21(27)24-11-10-17-7-4-5-9-19(17)23/h2-9,20H,10-15H2,1H3,(H,24,27)(H,25,28)/t20-/m0/s1. The number of piperazine rings is 1. The van der Waals surface area contributed by atoms with Crippen molar-refractivity contribution in [3.05, 3.63) is 71.0 Å². The first-order chi connectivity index (χ1) is 13.5. The number of rotatable bonds is 7. The van der Waals surface area contributed by atoms with Crippen LogP contribution in [-0.4, -0.2) is 42.4 Å². The highest BCUT2D eigenvalue weighted by Crippen LogP contribution is 2.16. The molecule has 1 fully saturated rings. The normalized spacial score (nSPS) is 17.2. The number of nitrogens with one attached hydrogen (secondary N) is 2. The predicted octanol–water partition coefficient (Wildman–Crippen LogP) is 2.18. The van der Waals surface area contributed by atoms with Gasteiger partial charge in [-0.15, -0.1) is 0 Å². The lowest BCUT2D eigenvalue weighted by Gasteiger charge is -2.35. The number of hydrogen-bond donors (Lipinski definition) is 2. The van der Waals surface area contributed by atoms with E-state index >= 15 is 0 Å². The van der Waals surface area contributed by atoms with Crippen LogP contribution in [0.15, 0.2) is 48.5 Å². The van der Waals surface area contributed by atoms with E-state index in [-0.39, 0.29) is 24.1 Å². The summed E-state index contributed by atoms with van der Waals surface area (Å²) in [6.45, 7) is 4.30. The second kappa shape index (κ2) is 9.46. The molecule has 0 unspecified atom stereocenters. The molecule has 0 aromatic heterocycles. The predicted molar refractivity (Wildman–Crippen MR) is 106 cm³/mol. The van der Waals surface area contributed by atoms with Crippen molar-refractivity contribution in [2.75, 3.05) is 19.6 Å².